The molecule has 1 aliphatic heterocycles. The number of rotatable bonds is 6. The quantitative estimate of drug-likeness (QED) is 0.885. The first-order chi connectivity index (χ1) is 10.8. The fraction of sp³-hybridized carbons (Fsp3) is 0.438. The van der Waals surface area contributed by atoms with Crippen LogP contribution in [0.1, 0.15) is 41.8 Å². The zero-order valence-corrected chi connectivity index (χ0v) is 12.7. The van der Waals surface area contributed by atoms with Crippen molar-refractivity contribution in [2.45, 2.75) is 39.3 Å². The molecule has 0 spiro atoms. The molecule has 2 heterocycles. The molecule has 0 saturated heterocycles. The molecule has 6 heteroatoms. The van der Waals surface area contributed by atoms with Gasteiger partial charge in [0.2, 0.25) is 0 Å². The first-order valence-electron chi connectivity index (χ1n) is 7.70. The molecular weight excluding hydrogens is 280 g/mol. The molecule has 2 aromatic rings. The van der Waals surface area contributed by atoms with E-state index < -0.39 is 0 Å². The summed E-state index contributed by atoms with van der Waals surface area (Å²) >= 11 is 0. The summed E-state index contributed by atoms with van der Waals surface area (Å²) in [5, 5.41) is 11.2. The number of fused-ring (bicyclic) bond motifs is 1. The summed E-state index contributed by atoms with van der Waals surface area (Å²) in [4.78, 5) is 12.2. The van der Waals surface area contributed by atoms with E-state index in [1.54, 1.807) is 12.1 Å². The SMILES string of the molecule is CCCOc1ccc(C(=O)NCc2nnc3n2CCC3)cc1. The number of hydrogen-bond acceptors (Lipinski definition) is 4. The molecule has 6 nitrogen and oxygen atoms in total. The van der Waals surface area contributed by atoms with Gasteiger partial charge in [-0.05, 0) is 37.1 Å². The molecule has 1 N–H and O–H groups in total. The van der Waals surface area contributed by atoms with Gasteiger partial charge in [-0.3, -0.25) is 4.79 Å². The lowest BCUT2D eigenvalue weighted by Crippen LogP contribution is -2.24. The predicted octanol–water partition coefficient (Wildman–Crippen LogP) is 1.94. The molecule has 22 heavy (non-hydrogen) atoms. The van der Waals surface area contributed by atoms with Crippen LogP contribution in [0.15, 0.2) is 24.3 Å². The number of hydrogen-bond donors (Lipinski definition) is 1. The molecule has 0 aliphatic carbocycles. The second-order valence-corrected chi connectivity index (χ2v) is 5.34. The second-order valence-electron chi connectivity index (χ2n) is 5.34. The minimum atomic E-state index is -0.114. The van der Waals surface area contributed by atoms with Gasteiger partial charge in [-0.1, -0.05) is 6.92 Å². The smallest absolute Gasteiger partial charge is 0.251 e. The first kappa shape index (κ1) is 14.6. The Morgan fingerprint density at radius 1 is 1.32 bits per heavy atom. The average molecular weight is 300 g/mol. The Morgan fingerprint density at radius 3 is 2.91 bits per heavy atom. The van der Waals surface area contributed by atoms with Crippen molar-refractivity contribution in [2.75, 3.05) is 6.61 Å². The summed E-state index contributed by atoms with van der Waals surface area (Å²) < 4.78 is 7.59. The number of ether oxygens (including phenoxy) is 1. The molecule has 1 aliphatic rings. The summed E-state index contributed by atoms with van der Waals surface area (Å²) in [5.41, 5.74) is 0.616. The summed E-state index contributed by atoms with van der Waals surface area (Å²) in [7, 11) is 0. The number of carbonyl (C=O) groups excluding carboxylic acids is 1. The molecule has 0 fully saturated rings. The summed E-state index contributed by atoms with van der Waals surface area (Å²) in [6, 6.07) is 7.18. The average Bonchev–Trinajstić information content (AvgIpc) is 3.15. The third kappa shape index (κ3) is 3.10. The molecule has 0 bridgehead atoms. The van der Waals surface area contributed by atoms with E-state index in [1.165, 1.54) is 0 Å². The molecule has 0 radical (unpaired) electrons. The van der Waals surface area contributed by atoms with Crippen LogP contribution in [0, 0.1) is 0 Å². The Balaban J connectivity index is 1.57. The van der Waals surface area contributed by atoms with E-state index in [2.05, 4.69) is 27.0 Å². The number of nitrogens with one attached hydrogen (secondary N) is 1. The van der Waals surface area contributed by atoms with Crippen molar-refractivity contribution in [3.63, 3.8) is 0 Å². The van der Waals surface area contributed by atoms with Crippen LogP contribution < -0.4 is 10.1 Å². The molecule has 116 valence electrons. The molecular formula is C16H20N4O2. The number of nitrogens with zero attached hydrogens (tertiary/aromatic N) is 3. The molecule has 1 aromatic carbocycles. The largest absolute Gasteiger partial charge is 0.494 e. The highest BCUT2D eigenvalue weighted by Crippen LogP contribution is 2.15. The van der Waals surface area contributed by atoms with Crippen molar-refractivity contribution in [3.8, 4) is 5.75 Å². The predicted molar refractivity (Wildman–Crippen MR) is 81.7 cm³/mol. The van der Waals surface area contributed by atoms with Gasteiger partial charge in [-0.25, -0.2) is 0 Å². The third-order valence-electron chi connectivity index (χ3n) is 3.68. The van der Waals surface area contributed by atoms with Gasteiger partial charge < -0.3 is 14.6 Å². The highest BCUT2D eigenvalue weighted by molar-refractivity contribution is 5.94. The maximum absolute atomic E-state index is 12.2. The van der Waals surface area contributed by atoms with Crippen LogP contribution in [-0.4, -0.2) is 27.3 Å². The lowest BCUT2D eigenvalue weighted by molar-refractivity contribution is 0.0949. The number of aryl methyl sites for hydroxylation is 1. The Hall–Kier alpha value is -2.37. The maximum Gasteiger partial charge on any atom is 0.251 e. The van der Waals surface area contributed by atoms with Crippen LogP contribution in [0.25, 0.3) is 0 Å². The van der Waals surface area contributed by atoms with E-state index in [1.807, 2.05) is 12.1 Å². The zero-order chi connectivity index (χ0) is 15.4. The Morgan fingerprint density at radius 2 is 2.14 bits per heavy atom. The summed E-state index contributed by atoms with van der Waals surface area (Å²) in [6.45, 7) is 4.09. The third-order valence-corrected chi connectivity index (χ3v) is 3.68. The van der Waals surface area contributed by atoms with Gasteiger partial charge in [0.25, 0.3) is 5.91 Å². The number of aromatic nitrogens is 3. The Bertz CT molecular complexity index is 649. The van der Waals surface area contributed by atoms with Gasteiger partial charge >= 0.3 is 0 Å². The van der Waals surface area contributed by atoms with Crippen LogP contribution in [-0.2, 0) is 19.5 Å². The van der Waals surface area contributed by atoms with Crippen LogP contribution >= 0.6 is 0 Å². The van der Waals surface area contributed by atoms with Crippen molar-refractivity contribution in [3.05, 3.63) is 41.5 Å². The highest BCUT2D eigenvalue weighted by atomic mass is 16.5. The van der Waals surface area contributed by atoms with Gasteiger partial charge in [0, 0.05) is 18.5 Å². The van der Waals surface area contributed by atoms with Gasteiger partial charge in [0.05, 0.1) is 13.2 Å². The fourth-order valence-electron chi connectivity index (χ4n) is 2.53. The van der Waals surface area contributed by atoms with Gasteiger partial charge in [0.15, 0.2) is 5.82 Å². The molecule has 0 atom stereocenters. The Kier molecular flexibility index (Phi) is 4.37. The van der Waals surface area contributed by atoms with Crippen molar-refractivity contribution in [1.82, 2.24) is 20.1 Å². The van der Waals surface area contributed by atoms with Crippen LogP contribution in [0.4, 0.5) is 0 Å². The number of amides is 1. The van der Waals surface area contributed by atoms with Crippen molar-refractivity contribution >= 4 is 5.91 Å². The highest BCUT2D eigenvalue weighted by Gasteiger charge is 2.17. The van der Waals surface area contributed by atoms with Crippen LogP contribution in [0.3, 0.4) is 0 Å². The standard InChI is InChI=1S/C16H20N4O2/c1-2-10-22-13-7-5-12(6-8-13)16(21)17-11-15-19-18-14-4-3-9-20(14)15/h5-8H,2-4,9-11H2,1H3,(H,17,21). The lowest BCUT2D eigenvalue weighted by atomic mass is 10.2. The van der Waals surface area contributed by atoms with E-state index >= 15 is 0 Å². The van der Waals surface area contributed by atoms with E-state index in [4.69, 9.17) is 4.74 Å². The topological polar surface area (TPSA) is 69.0 Å². The molecule has 1 aromatic heterocycles. The summed E-state index contributed by atoms with van der Waals surface area (Å²) in [6.07, 6.45) is 3.04. The van der Waals surface area contributed by atoms with E-state index in [-0.39, 0.29) is 5.91 Å². The second kappa shape index (κ2) is 6.60. The lowest BCUT2D eigenvalue weighted by Gasteiger charge is -2.07. The minimum Gasteiger partial charge on any atom is -0.494 e. The van der Waals surface area contributed by atoms with Crippen molar-refractivity contribution < 1.29 is 9.53 Å². The fourth-order valence-corrected chi connectivity index (χ4v) is 2.53. The first-order valence-corrected chi connectivity index (χ1v) is 7.70. The molecule has 0 saturated carbocycles. The van der Waals surface area contributed by atoms with Gasteiger partial charge in [0.1, 0.15) is 11.6 Å². The van der Waals surface area contributed by atoms with E-state index in [0.29, 0.717) is 18.7 Å². The molecule has 1 amide bonds. The zero-order valence-electron chi connectivity index (χ0n) is 12.7. The maximum atomic E-state index is 12.2. The van der Waals surface area contributed by atoms with Crippen LogP contribution in [0.2, 0.25) is 0 Å². The van der Waals surface area contributed by atoms with Gasteiger partial charge in [-0.2, -0.15) is 0 Å². The molecule has 3 rings (SSSR count). The van der Waals surface area contributed by atoms with Crippen LogP contribution in [0.5, 0.6) is 5.75 Å². The normalized spacial score (nSPS) is 13.0. The van der Waals surface area contributed by atoms with Crippen molar-refractivity contribution in [2.24, 2.45) is 0 Å². The monoisotopic (exact) mass is 300 g/mol. The number of carbonyl (C=O) groups is 1. The summed E-state index contributed by atoms with van der Waals surface area (Å²) in [5.74, 6) is 2.51. The Labute approximate surface area is 129 Å². The number of benzene rings is 1. The molecule has 0 unspecified atom stereocenters. The van der Waals surface area contributed by atoms with Crippen molar-refractivity contribution in [1.29, 1.82) is 0 Å². The minimum absolute atomic E-state index is 0.114. The van der Waals surface area contributed by atoms with E-state index in [0.717, 1.165) is 43.2 Å². The van der Waals surface area contributed by atoms with Gasteiger partial charge in [-0.15, -0.1) is 10.2 Å². The van der Waals surface area contributed by atoms with E-state index in [9.17, 15) is 4.79 Å².